The minimum Gasteiger partial charge on any atom is -0.211 e. The van der Waals surface area contributed by atoms with Crippen LogP contribution in [0.4, 0.5) is 0 Å². The molecule has 18 heavy (non-hydrogen) atoms. The Kier molecular flexibility index (Phi) is 4.46. The molecule has 2 heteroatoms. The van der Waals surface area contributed by atoms with Crippen LogP contribution in [0, 0.1) is 0 Å². The lowest BCUT2D eigenvalue weighted by molar-refractivity contribution is 0.562. The Morgan fingerprint density at radius 1 is 0.889 bits per heavy atom. The molecule has 0 aliphatic heterocycles. The van der Waals surface area contributed by atoms with Crippen molar-refractivity contribution in [3.63, 3.8) is 0 Å². The van der Waals surface area contributed by atoms with E-state index in [0.29, 0.717) is 6.54 Å². The van der Waals surface area contributed by atoms with Crippen molar-refractivity contribution in [2.45, 2.75) is 12.8 Å². The fraction of sp³-hybridized carbons (Fsp3) is 0.188. The van der Waals surface area contributed by atoms with Crippen molar-refractivity contribution in [2.24, 2.45) is 4.99 Å². The summed E-state index contributed by atoms with van der Waals surface area (Å²) in [5.41, 5.74) is 3.73. The Morgan fingerprint density at radius 2 is 1.56 bits per heavy atom. The molecular weight excluding hydrogens is 222 g/mol. The SMILES string of the molecule is O=C=NCCCc1ccc(-c2ccccc2)cc1. The van der Waals surface area contributed by atoms with Gasteiger partial charge in [-0.15, -0.1) is 0 Å². The fourth-order valence-corrected chi connectivity index (χ4v) is 1.90. The van der Waals surface area contributed by atoms with Gasteiger partial charge < -0.3 is 0 Å². The standard InChI is InChI=1S/C16H15NO/c18-13-17-12-4-5-14-8-10-16(11-9-14)15-6-2-1-3-7-15/h1-3,6-11H,4-5,12H2. The van der Waals surface area contributed by atoms with Gasteiger partial charge in [-0.1, -0.05) is 54.6 Å². The van der Waals surface area contributed by atoms with E-state index in [0.717, 1.165) is 12.8 Å². The smallest absolute Gasteiger partial charge is 0.211 e. The van der Waals surface area contributed by atoms with Crippen LogP contribution in [0.2, 0.25) is 0 Å². The van der Waals surface area contributed by atoms with Gasteiger partial charge in [-0.3, -0.25) is 0 Å². The molecule has 0 aliphatic rings. The van der Waals surface area contributed by atoms with Crippen LogP contribution in [-0.2, 0) is 11.2 Å². The number of hydrogen-bond donors (Lipinski definition) is 0. The summed E-state index contributed by atoms with van der Waals surface area (Å²) in [6, 6.07) is 18.8. The Morgan fingerprint density at radius 3 is 2.22 bits per heavy atom. The summed E-state index contributed by atoms with van der Waals surface area (Å²) in [4.78, 5) is 13.5. The Balaban J connectivity index is 1.99. The van der Waals surface area contributed by atoms with Crippen LogP contribution >= 0.6 is 0 Å². The average Bonchev–Trinajstić information content (AvgIpc) is 2.45. The second kappa shape index (κ2) is 6.53. The number of rotatable bonds is 5. The van der Waals surface area contributed by atoms with Gasteiger partial charge in [0.1, 0.15) is 0 Å². The molecule has 0 saturated heterocycles. The van der Waals surface area contributed by atoms with E-state index in [-0.39, 0.29) is 0 Å². The number of aryl methyl sites for hydroxylation is 1. The molecular formula is C16H15NO. The topological polar surface area (TPSA) is 29.4 Å². The maximum Gasteiger partial charge on any atom is 0.234 e. The van der Waals surface area contributed by atoms with Crippen molar-refractivity contribution in [3.8, 4) is 11.1 Å². The molecule has 0 aliphatic carbocycles. The highest BCUT2D eigenvalue weighted by Crippen LogP contribution is 2.19. The van der Waals surface area contributed by atoms with Gasteiger partial charge in [-0.2, -0.15) is 0 Å². The van der Waals surface area contributed by atoms with Crippen LogP contribution in [0.25, 0.3) is 11.1 Å². The Labute approximate surface area is 107 Å². The third-order valence-corrected chi connectivity index (χ3v) is 2.86. The molecule has 0 spiro atoms. The summed E-state index contributed by atoms with van der Waals surface area (Å²) in [6.07, 6.45) is 3.39. The van der Waals surface area contributed by atoms with Gasteiger partial charge in [0, 0.05) is 0 Å². The molecule has 2 nitrogen and oxygen atoms in total. The maximum absolute atomic E-state index is 9.93. The number of hydrogen-bond acceptors (Lipinski definition) is 2. The van der Waals surface area contributed by atoms with Crippen LogP contribution in [-0.4, -0.2) is 12.6 Å². The largest absolute Gasteiger partial charge is 0.234 e. The molecule has 2 rings (SSSR count). The van der Waals surface area contributed by atoms with E-state index in [2.05, 4.69) is 41.4 Å². The van der Waals surface area contributed by atoms with Crippen molar-refractivity contribution in [1.82, 2.24) is 0 Å². The average molecular weight is 237 g/mol. The molecule has 0 heterocycles. The monoisotopic (exact) mass is 237 g/mol. The van der Waals surface area contributed by atoms with Gasteiger partial charge in [0.2, 0.25) is 6.08 Å². The number of nitrogens with zero attached hydrogens (tertiary/aromatic N) is 1. The summed E-state index contributed by atoms with van der Waals surface area (Å²) in [5.74, 6) is 0. The first-order valence-corrected chi connectivity index (χ1v) is 6.08. The van der Waals surface area contributed by atoms with Crippen molar-refractivity contribution >= 4 is 6.08 Å². The van der Waals surface area contributed by atoms with Gasteiger partial charge in [-0.25, -0.2) is 9.79 Å². The molecule has 0 radical (unpaired) electrons. The first-order chi connectivity index (χ1) is 8.90. The normalized spacial score (nSPS) is 9.78. The zero-order valence-electron chi connectivity index (χ0n) is 10.2. The lowest BCUT2D eigenvalue weighted by atomic mass is 10.0. The maximum atomic E-state index is 9.93. The summed E-state index contributed by atoms with van der Waals surface area (Å²) in [7, 11) is 0. The number of carbonyl (C=O) groups excluding carboxylic acids is 1. The molecule has 0 amide bonds. The van der Waals surface area contributed by atoms with Crippen molar-refractivity contribution in [3.05, 3.63) is 60.2 Å². The quantitative estimate of drug-likeness (QED) is 0.443. The molecule has 0 unspecified atom stereocenters. The van der Waals surface area contributed by atoms with E-state index in [4.69, 9.17) is 0 Å². The zero-order valence-corrected chi connectivity index (χ0v) is 10.2. The van der Waals surface area contributed by atoms with Gasteiger partial charge in [0.25, 0.3) is 0 Å². The van der Waals surface area contributed by atoms with Crippen molar-refractivity contribution in [1.29, 1.82) is 0 Å². The second-order valence-electron chi connectivity index (χ2n) is 4.14. The zero-order chi connectivity index (χ0) is 12.6. The van der Waals surface area contributed by atoms with Gasteiger partial charge >= 0.3 is 0 Å². The van der Waals surface area contributed by atoms with Crippen LogP contribution in [0.3, 0.4) is 0 Å². The van der Waals surface area contributed by atoms with Crippen molar-refractivity contribution < 1.29 is 4.79 Å². The number of aliphatic imine (C=N–C) groups is 1. The summed E-state index contributed by atoms with van der Waals surface area (Å²) < 4.78 is 0. The van der Waals surface area contributed by atoms with Gasteiger partial charge in [-0.05, 0) is 29.5 Å². The lowest BCUT2D eigenvalue weighted by Gasteiger charge is -2.03. The van der Waals surface area contributed by atoms with E-state index in [1.165, 1.54) is 16.7 Å². The molecule has 0 bridgehead atoms. The van der Waals surface area contributed by atoms with E-state index < -0.39 is 0 Å². The van der Waals surface area contributed by atoms with Gasteiger partial charge in [0.05, 0.1) is 6.54 Å². The number of benzene rings is 2. The molecule has 90 valence electrons. The highest BCUT2D eigenvalue weighted by atomic mass is 16.1. The predicted octanol–water partition coefficient (Wildman–Crippen LogP) is 3.62. The first-order valence-electron chi connectivity index (χ1n) is 6.08. The highest BCUT2D eigenvalue weighted by molar-refractivity contribution is 5.63. The second-order valence-corrected chi connectivity index (χ2v) is 4.14. The Hall–Kier alpha value is -2.18. The first kappa shape index (κ1) is 12.3. The Bertz CT molecular complexity index is 525. The summed E-state index contributed by atoms with van der Waals surface area (Å²) in [6.45, 7) is 0.559. The molecule has 0 N–H and O–H groups in total. The minimum atomic E-state index is 0.559. The minimum absolute atomic E-state index is 0.559. The molecule has 0 atom stereocenters. The molecule has 0 saturated carbocycles. The molecule has 2 aromatic rings. The molecule has 0 fully saturated rings. The van der Waals surface area contributed by atoms with Gasteiger partial charge in [0.15, 0.2) is 0 Å². The van der Waals surface area contributed by atoms with E-state index in [9.17, 15) is 4.79 Å². The van der Waals surface area contributed by atoms with Crippen LogP contribution in [0.15, 0.2) is 59.6 Å². The van der Waals surface area contributed by atoms with Crippen LogP contribution in [0.5, 0.6) is 0 Å². The van der Waals surface area contributed by atoms with Crippen LogP contribution < -0.4 is 0 Å². The van der Waals surface area contributed by atoms with Crippen molar-refractivity contribution in [2.75, 3.05) is 6.54 Å². The lowest BCUT2D eigenvalue weighted by Crippen LogP contribution is -1.88. The fourth-order valence-electron chi connectivity index (χ4n) is 1.90. The third-order valence-electron chi connectivity index (χ3n) is 2.86. The molecule has 2 aromatic carbocycles. The number of isocyanates is 1. The van der Waals surface area contributed by atoms with E-state index >= 15 is 0 Å². The highest BCUT2D eigenvalue weighted by Gasteiger charge is 1.97. The van der Waals surface area contributed by atoms with Crippen LogP contribution in [0.1, 0.15) is 12.0 Å². The third kappa shape index (κ3) is 3.41. The molecule has 0 aromatic heterocycles. The summed E-state index contributed by atoms with van der Waals surface area (Å²) in [5, 5.41) is 0. The summed E-state index contributed by atoms with van der Waals surface area (Å²) >= 11 is 0. The van der Waals surface area contributed by atoms with E-state index in [1.807, 2.05) is 18.2 Å². The van der Waals surface area contributed by atoms with E-state index in [1.54, 1.807) is 6.08 Å². The predicted molar refractivity (Wildman–Crippen MR) is 73.2 cm³/mol.